The number of thioether (sulfide) groups is 1. The first kappa shape index (κ1) is 21.7. The van der Waals surface area contributed by atoms with Gasteiger partial charge < -0.3 is 15.4 Å². The molecule has 2 amide bonds. The first-order chi connectivity index (χ1) is 14.5. The van der Waals surface area contributed by atoms with Crippen LogP contribution < -0.4 is 15.4 Å². The Morgan fingerprint density at radius 1 is 0.933 bits per heavy atom. The van der Waals surface area contributed by atoms with E-state index in [0.29, 0.717) is 22.1 Å². The van der Waals surface area contributed by atoms with Crippen LogP contribution in [0.2, 0.25) is 5.02 Å². The van der Waals surface area contributed by atoms with E-state index in [0.717, 1.165) is 10.5 Å². The summed E-state index contributed by atoms with van der Waals surface area (Å²) in [6, 6.07) is 21.9. The molecule has 0 aliphatic heterocycles. The summed E-state index contributed by atoms with van der Waals surface area (Å²) in [4.78, 5) is 25.2. The molecule has 3 rings (SSSR count). The van der Waals surface area contributed by atoms with Crippen LogP contribution in [-0.2, 0) is 9.59 Å². The molecule has 3 aromatic rings. The van der Waals surface area contributed by atoms with E-state index < -0.39 is 0 Å². The molecular formula is C23H21ClN2O3S. The van der Waals surface area contributed by atoms with Gasteiger partial charge in [0.2, 0.25) is 5.91 Å². The predicted octanol–water partition coefficient (Wildman–Crippen LogP) is 5.40. The summed E-state index contributed by atoms with van der Waals surface area (Å²) in [5, 5.41) is 6.28. The van der Waals surface area contributed by atoms with E-state index >= 15 is 0 Å². The average Bonchev–Trinajstić information content (AvgIpc) is 2.75. The van der Waals surface area contributed by atoms with E-state index in [2.05, 4.69) is 10.6 Å². The van der Waals surface area contributed by atoms with Crippen LogP contribution in [0, 0.1) is 6.92 Å². The minimum atomic E-state index is -0.254. The van der Waals surface area contributed by atoms with Crippen LogP contribution in [0.5, 0.6) is 5.75 Å². The summed E-state index contributed by atoms with van der Waals surface area (Å²) in [6.07, 6.45) is 0. The number of ether oxygens (including phenoxy) is 1. The van der Waals surface area contributed by atoms with Gasteiger partial charge in [-0.05, 0) is 55.0 Å². The van der Waals surface area contributed by atoms with Crippen molar-refractivity contribution in [2.75, 3.05) is 23.0 Å². The Labute approximate surface area is 184 Å². The lowest BCUT2D eigenvalue weighted by atomic mass is 10.2. The lowest BCUT2D eigenvalue weighted by Crippen LogP contribution is -2.20. The number of hydrogen-bond acceptors (Lipinski definition) is 4. The molecule has 30 heavy (non-hydrogen) atoms. The number of carbonyl (C=O) groups excluding carboxylic acids is 2. The van der Waals surface area contributed by atoms with Crippen molar-refractivity contribution in [2.45, 2.75) is 11.8 Å². The molecule has 0 spiro atoms. The van der Waals surface area contributed by atoms with Crippen molar-refractivity contribution in [2.24, 2.45) is 0 Å². The van der Waals surface area contributed by atoms with Gasteiger partial charge in [-0.15, -0.1) is 11.8 Å². The van der Waals surface area contributed by atoms with Gasteiger partial charge in [0.15, 0.2) is 6.61 Å². The van der Waals surface area contributed by atoms with Crippen LogP contribution in [0.3, 0.4) is 0 Å². The second kappa shape index (κ2) is 10.7. The third-order valence-corrected chi connectivity index (χ3v) is 5.55. The molecule has 2 N–H and O–H groups in total. The van der Waals surface area contributed by atoms with Crippen molar-refractivity contribution in [1.82, 2.24) is 0 Å². The lowest BCUT2D eigenvalue weighted by Gasteiger charge is -2.10. The highest BCUT2D eigenvalue weighted by Gasteiger charge is 2.09. The van der Waals surface area contributed by atoms with Gasteiger partial charge >= 0.3 is 0 Å². The number of anilines is 2. The molecule has 0 heterocycles. The molecule has 0 aromatic heterocycles. The molecule has 7 heteroatoms. The SMILES string of the molecule is Cc1c(Cl)cccc1NC(=O)CSc1cccc(NC(=O)COc2ccccc2)c1. The maximum atomic E-state index is 12.3. The quantitative estimate of drug-likeness (QED) is 0.460. The maximum absolute atomic E-state index is 12.3. The monoisotopic (exact) mass is 440 g/mol. The summed E-state index contributed by atoms with van der Waals surface area (Å²) >= 11 is 7.47. The van der Waals surface area contributed by atoms with E-state index in [1.165, 1.54) is 11.8 Å². The standard InChI is InChI=1S/C23H21ClN2O3S/c1-16-20(24)11-6-12-21(16)26-23(28)15-30-19-10-5-7-17(13-19)25-22(27)14-29-18-8-3-2-4-9-18/h2-13H,14-15H2,1H3,(H,25,27)(H,26,28). The molecule has 5 nitrogen and oxygen atoms in total. The molecule has 0 aliphatic carbocycles. The van der Waals surface area contributed by atoms with Crippen molar-refractivity contribution in [3.8, 4) is 5.75 Å². The maximum Gasteiger partial charge on any atom is 0.262 e. The highest BCUT2D eigenvalue weighted by Crippen LogP contribution is 2.25. The molecule has 0 atom stereocenters. The van der Waals surface area contributed by atoms with Gasteiger partial charge in [0.1, 0.15) is 5.75 Å². The third-order valence-electron chi connectivity index (χ3n) is 4.14. The van der Waals surface area contributed by atoms with Crippen molar-refractivity contribution in [3.63, 3.8) is 0 Å². The number of carbonyl (C=O) groups is 2. The molecule has 0 unspecified atom stereocenters. The Morgan fingerprint density at radius 2 is 1.70 bits per heavy atom. The molecule has 0 aliphatic rings. The Hall–Kier alpha value is -2.96. The zero-order valence-electron chi connectivity index (χ0n) is 16.4. The van der Waals surface area contributed by atoms with Gasteiger partial charge in [0, 0.05) is 21.3 Å². The van der Waals surface area contributed by atoms with Crippen LogP contribution in [0.1, 0.15) is 5.56 Å². The Balaban J connectivity index is 1.49. The van der Waals surface area contributed by atoms with E-state index in [-0.39, 0.29) is 24.2 Å². The normalized spacial score (nSPS) is 10.3. The largest absolute Gasteiger partial charge is 0.484 e. The molecule has 0 saturated heterocycles. The van der Waals surface area contributed by atoms with E-state index in [4.69, 9.17) is 16.3 Å². The molecule has 3 aromatic carbocycles. The smallest absolute Gasteiger partial charge is 0.262 e. The molecular weight excluding hydrogens is 420 g/mol. The van der Waals surface area contributed by atoms with Crippen LogP contribution in [0.15, 0.2) is 77.7 Å². The molecule has 0 radical (unpaired) electrons. The number of nitrogens with one attached hydrogen (secondary N) is 2. The summed E-state index contributed by atoms with van der Waals surface area (Å²) in [5.41, 5.74) is 2.18. The molecule has 154 valence electrons. The minimum Gasteiger partial charge on any atom is -0.484 e. The number of rotatable bonds is 8. The predicted molar refractivity (Wildman–Crippen MR) is 123 cm³/mol. The van der Waals surface area contributed by atoms with E-state index in [1.807, 2.05) is 49.4 Å². The number of benzene rings is 3. The fourth-order valence-corrected chi connectivity index (χ4v) is 3.53. The second-order valence-electron chi connectivity index (χ2n) is 6.43. The zero-order valence-corrected chi connectivity index (χ0v) is 17.9. The van der Waals surface area contributed by atoms with Crippen LogP contribution in [-0.4, -0.2) is 24.2 Å². The van der Waals surface area contributed by atoms with Crippen molar-refractivity contribution in [1.29, 1.82) is 0 Å². The first-order valence-corrected chi connectivity index (χ1v) is 10.6. The minimum absolute atomic E-state index is 0.0806. The van der Waals surface area contributed by atoms with Gasteiger partial charge in [0.05, 0.1) is 5.75 Å². The first-order valence-electron chi connectivity index (χ1n) is 9.27. The van der Waals surface area contributed by atoms with E-state index in [9.17, 15) is 9.59 Å². The highest BCUT2D eigenvalue weighted by atomic mass is 35.5. The van der Waals surface area contributed by atoms with Gasteiger partial charge in [0.25, 0.3) is 5.91 Å². The Morgan fingerprint density at radius 3 is 2.50 bits per heavy atom. The average molecular weight is 441 g/mol. The van der Waals surface area contributed by atoms with Gasteiger partial charge in [-0.2, -0.15) is 0 Å². The summed E-state index contributed by atoms with van der Waals surface area (Å²) in [6.45, 7) is 1.78. The van der Waals surface area contributed by atoms with Crippen molar-refractivity contribution in [3.05, 3.63) is 83.4 Å². The Bertz CT molecular complexity index is 1030. The fraction of sp³-hybridized carbons (Fsp3) is 0.130. The lowest BCUT2D eigenvalue weighted by molar-refractivity contribution is -0.118. The fourth-order valence-electron chi connectivity index (χ4n) is 2.60. The topological polar surface area (TPSA) is 67.4 Å². The summed E-state index contributed by atoms with van der Waals surface area (Å²) in [7, 11) is 0. The molecule has 0 bridgehead atoms. The van der Waals surface area contributed by atoms with Gasteiger partial charge in [-0.25, -0.2) is 0 Å². The number of hydrogen-bond donors (Lipinski definition) is 2. The van der Waals surface area contributed by atoms with Crippen LogP contribution in [0.25, 0.3) is 0 Å². The number of para-hydroxylation sites is 1. The number of amides is 2. The van der Waals surface area contributed by atoms with Crippen molar-refractivity contribution < 1.29 is 14.3 Å². The van der Waals surface area contributed by atoms with E-state index in [1.54, 1.807) is 30.3 Å². The third kappa shape index (κ3) is 6.54. The summed E-state index contributed by atoms with van der Waals surface area (Å²) < 4.78 is 5.44. The van der Waals surface area contributed by atoms with Gasteiger partial charge in [-0.1, -0.05) is 41.9 Å². The van der Waals surface area contributed by atoms with Crippen molar-refractivity contribution >= 4 is 46.6 Å². The molecule has 0 fully saturated rings. The van der Waals surface area contributed by atoms with Gasteiger partial charge in [-0.3, -0.25) is 9.59 Å². The second-order valence-corrected chi connectivity index (χ2v) is 7.88. The molecule has 0 saturated carbocycles. The Kier molecular flexibility index (Phi) is 7.76. The van der Waals surface area contributed by atoms with Crippen LogP contribution in [0.4, 0.5) is 11.4 Å². The highest BCUT2D eigenvalue weighted by molar-refractivity contribution is 8.00. The zero-order chi connectivity index (χ0) is 21.3. The summed E-state index contributed by atoms with van der Waals surface area (Å²) in [5.74, 6) is 0.490. The van der Waals surface area contributed by atoms with Crippen LogP contribution >= 0.6 is 23.4 Å². The number of halogens is 1.